The van der Waals surface area contributed by atoms with Gasteiger partial charge >= 0.3 is 11.9 Å². The van der Waals surface area contributed by atoms with E-state index in [1.54, 1.807) is 6.07 Å². The minimum Gasteiger partial charge on any atom is -0.466 e. The van der Waals surface area contributed by atoms with Gasteiger partial charge in [0, 0.05) is 15.6 Å². The molecule has 0 saturated carbocycles. The molecule has 0 saturated heterocycles. The van der Waals surface area contributed by atoms with Crippen LogP contribution in [0.2, 0.25) is 0 Å². The Morgan fingerprint density at radius 1 is 1.03 bits per heavy atom. The number of benzene rings is 2. The van der Waals surface area contributed by atoms with Crippen molar-refractivity contribution in [2.24, 2.45) is 0 Å². The molecular formula is C22H16BrNO10S. The maximum absolute atomic E-state index is 13.6. The number of halogens is 1. The van der Waals surface area contributed by atoms with Crippen LogP contribution >= 0.6 is 15.9 Å². The van der Waals surface area contributed by atoms with Crippen LogP contribution in [0, 0.1) is 0 Å². The quantitative estimate of drug-likeness (QED) is 0.364. The number of ether oxygens (including phenoxy) is 3. The van der Waals surface area contributed by atoms with Crippen LogP contribution in [-0.4, -0.2) is 64.0 Å². The van der Waals surface area contributed by atoms with Crippen LogP contribution in [0.3, 0.4) is 0 Å². The van der Waals surface area contributed by atoms with Crippen LogP contribution in [0.4, 0.5) is 5.69 Å². The van der Waals surface area contributed by atoms with Crippen molar-refractivity contribution in [3.63, 3.8) is 0 Å². The van der Waals surface area contributed by atoms with Gasteiger partial charge in [-0.1, -0.05) is 24.3 Å². The van der Waals surface area contributed by atoms with Gasteiger partial charge in [0.15, 0.2) is 11.6 Å². The van der Waals surface area contributed by atoms with Crippen molar-refractivity contribution in [3.8, 4) is 0 Å². The zero-order chi connectivity index (χ0) is 25.7. The predicted octanol–water partition coefficient (Wildman–Crippen LogP) is 1.87. The number of rotatable bonds is 4. The smallest absolute Gasteiger partial charge is 0.355 e. The summed E-state index contributed by atoms with van der Waals surface area (Å²) in [7, 11) is -2.94. The first-order valence-electron chi connectivity index (χ1n) is 9.80. The van der Waals surface area contributed by atoms with Gasteiger partial charge in [0.05, 0.1) is 43.2 Å². The zero-order valence-electron chi connectivity index (χ0n) is 18.2. The minimum absolute atomic E-state index is 0.0136. The lowest BCUT2D eigenvalue weighted by atomic mass is 9.83. The number of esters is 2. The molecule has 4 rings (SSSR count). The second-order valence-electron chi connectivity index (χ2n) is 7.35. The van der Waals surface area contributed by atoms with Crippen LogP contribution in [0.1, 0.15) is 31.8 Å². The van der Waals surface area contributed by atoms with Crippen LogP contribution in [-0.2, 0) is 33.9 Å². The number of fused-ring (bicyclic) bond motifs is 2. The van der Waals surface area contributed by atoms with Crippen LogP contribution in [0.25, 0.3) is 0 Å². The molecule has 0 fully saturated rings. The third-order valence-corrected chi connectivity index (χ3v) is 6.96. The third-order valence-electron chi connectivity index (χ3n) is 5.47. The summed E-state index contributed by atoms with van der Waals surface area (Å²) in [5, 5.41) is 0. The first-order valence-corrected chi connectivity index (χ1v) is 12.0. The van der Waals surface area contributed by atoms with Crippen molar-refractivity contribution in [3.05, 3.63) is 68.3 Å². The molecule has 2 aromatic rings. The normalized spacial score (nSPS) is 15.5. The summed E-state index contributed by atoms with van der Waals surface area (Å²) in [6.07, 6.45) is 0. The van der Waals surface area contributed by atoms with Gasteiger partial charge in [-0.25, -0.2) is 9.59 Å². The van der Waals surface area contributed by atoms with E-state index in [0.717, 1.165) is 25.2 Å². The van der Waals surface area contributed by atoms with E-state index >= 15 is 0 Å². The molecule has 0 atom stereocenters. The summed E-state index contributed by atoms with van der Waals surface area (Å²) in [6.45, 7) is -0.909. The molecule has 1 aliphatic heterocycles. The van der Waals surface area contributed by atoms with Gasteiger partial charge < -0.3 is 19.1 Å². The van der Waals surface area contributed by atoms with Gasteiger partial charge in [0.1, 0.15) is 17.3 Å². The maximum atomic E-state index is 13.6. The highest BCUT2D eigenvalue weighted by atomic mass is 79.9. The number of carbonyl (C=O) groups is 4. The molecule has 35 heavy (non-hydrogen) atoms. The van der Waals surface area contributed by atoms with Crippen molar-refractivity contribution in [2.75, 3.05) is 32.5 Å². The highest BCUT2D eigenvalue weighted by Crippen LogP contribution is 2.44. The molecule has 2 aliphatic rings. The van der Waals surface area contributed by atoms with E-state index in [2.05, 4.69) is 15.9 Å². The lowest BCUT2D eigenvalue weighted by molar-refractivity contribution is -0.140. The SMILES string of the molecule is COC(=O)C1=C(C(=O)OC)N(c2c(S(=O)(=O)O)cc(Br)c3c2C(=O)c2ccccc2C3=O)COC1. The van der Waals surface area contributed by atoms with E-state index in [-0.39, 0.29) is 33.3 Å². The monoisotopic (exact) mass is 565 g/mol. The third kappa shape index (κ3) is 3.95. The van der Waals surface area contributed by atoms with Gasteiger partial charge in [-0.2, -0.15) is 8.42 Å². The molecule has 11 nitrogen and oxygen atoms in total. The number of carbonyl (C=O) groups excluding carboxylic acids is 4. The molecule has 0 spiro atoms. The van der Waals surface area contributed by atoms with Crippen molar-refractivity contribution < 1.29 is 46.4 Å². The maximum Gasteiger partial charge on any atom is 0.355 e. The fourth-order valence-electron chi connectivity index (χ4n) is 3.99. The number of ketones is 2. The van der Waals surface area contributed by atoms with E-state index in [9.17, 15) is 32.1 Å². The number of anilines is 1. The summed E-state index contributed by atoms with van der Waals surface area (Å²) >= 11 is 3.13. The molecule has 0 radical (unpaired) electrons. The Bertz CT molecular complexity index is 1460. The van der Waals surface area contributed by atoms with E-state index in [4.69, 9.17) is 14.2 Å². The fraction of sp³-hybridized carbons (Fsp3) is 0.182. The van der Waals surface area contributed by atoms with Crippen LogP contribution in [0.5, 0.6) is 0 Å². The Morgan fingerprint density at radius 3 is 2.14 bits per heavy atom. The Kier molecular flexibility index (Phi) is 6.36. The fourth-order valence-corrected chi connectivity index (χ4v) is 5.47. The van der Waals surface area contributed by atoms with Crippen LogP contribution in [0.15, 0.2) is 51.0 Å². The molecule has 0 bridgehead atoms. The highest BCUT2D eigenvalue weighted by molar-refractivity contribution is 9.10. The molecule has 2 aromatic carbocycles. The number of nitrogens with zero attached hydrogens (tertiary/aromatic N) is 1. The standard InChI is InChI=1S/C22H16BrNO10S/c1-32-21(27)12-8-34-9-24(17(12)22(28)33-2)18-14(35(29,30)31)7-13(23)15-16(18)20(26)11-6-4-3-5-10(11)19(15)25/h3-7H,8-9H2,1-2H3,(H,29,30,31). The van der Waals surface area contributed by atoms with E-state index in [1.807, 2.05) is 0 Å². The van der Waals surface area contributed by atoms with Crippen molar-refractivity contribution >= 4 is 55.2 Å². The second kappa shape index (κ2) is 9.00. The summed E-state index contributed by atoms with van der Waals surface area (Å²) in [4.78, 5) is 52.2. The summed E-state index contributed by atoms with van der Waals surface area (Å²) in [6, 6.07) is 6.86. The van der Waals surface area contributed by atoms with Gasteiger partial charge in [-0.05, 0) is 22.0 Å². The molecule has 0 aromatic heterocycles. The lowest BCUT2D eigenvalue weighted by Gasteiger charge is -2.34. The second-order valence-corrected chi connectivity index (χ2v) is 9.59. The van der Waals surface area contributed by atoms with Crippen LogP contribution < -0.4 is 4.90 Å². The van der Waals surface area contributed by atoms with E-state index < -0.39 is 62.2 Å². The molecule has 1 aliphatic carbocycles. The topological polar surface area (TPSA) is 154 Å². The molecule has 1 N–H and O–H groups in total. The number of hydrogen-bond donors (Lipinski definition) is 1. The molecule has 0 unspecified atom stereocenters. The van der Waals surface area contributed by atoms with Crippen molar-refractivity contribution in [1.82, 2.24) is 0 Å². The zero-order valence-corrected chi connectivity index (χ0v) is 20.6. The van der Waals surface area contributed by atoms with E-state index in [0.29, 0.717) is 0 Å². The van der Waals surface area contributed by atoms with Gasteiger partial charge in [-0.3, -0.25) is 14.1 Å². The molecule has 13 heteroatoms. The summed E-state index contributed by atoms with van der Waals surface area (Å²) < 4.78 is 49.7. The molecular weight excluding hydrogens is 550 g/mol. The van der Waals surface area contributed by atoms with Gasteiger partial charge in [0.2, 0.25) is 0 Å². The molecule has 182 valence electrons. The van der Waals surface area contributed by atoms with Gasteiger partial charge in [-0.15, -0.1) is 0 Å². The highest BCUT2D eigenvalue weighted by Gasteiger charge is 2.42. The lowest BCUT2D eigenvalue weighted by Crippen LogP contribution is -2.41. The Hall–Kier alpha value is -3.39. The largest absolute Gasteiger partial charge is 0.466 e. The van der Waals surface area contributed by atoms with Gasteiger partial charge in [0.25, 0.3) is 10.1 Å². The summed E-state index contributed by atoms with van der Waals surface area (Å²) in [5.74, 6) is -3.38. The first-order chi connectivity index (χ1) is 16.5. The Labute approximate surface area is 207 Å². The van der Waals surface area contributed by atoms with Crippen molar-refractivity contribution in [2.45, 2.75) is 4.90 Å². The summed E-state index contributed by atoms with van der Waals surface area (Å²) in [5.41, 5.74) is -1.85. The number of hydrogen-bond acceptors (Lipinski definition) is 10. The Morgan fingerprint density at radius 2 is 1.60 bits per heavy atom. The number of methoxy groups -OCH3 is 2. The average molecular weight is 566 g/mol. The molecule has 1 heterocycles. The molecule has 0 amide bonds. The first kappa shape index (κ1) is 24.7. The Balaban J connectivity index is 2.15. The van der Waals surface area contributed by atoms with Crippen molar-refractivity contribution in [1.29, 1.82) is 0 Å². The predicted molar refractivity (Wildman–Crippen MR) is 122 cm³/mol. The van der Waals surface area contributed by atoms with E-state index in [1.165, 1.54) is 18.2 Å². The minimum atomic E-state index is -5.04. The average Bonchev–Trinajstić information content (AvgIpc) is 2.84.